The van der Waals surface area contributed by atoms with Crippen molar-refractivity contribution >= 4 is 23.5 Å². The molecule has 24 heavy (non-hydrogen) atoms. The number of hydrogen-bond donors (Lipinski definition) is 1. The Hall–Kier alpha value is -2.34. The SMILES string of the molecule is Cc1c(C(=O)N2C[C@@H](C)[C@H](C(=O)O)C2)cnn1-c1ccccc1Cl. The molecule has 1 amide bonds. The second-order valence-electron chi connectivity index (χ2n) is 6.14. The normalized spacial score (nSPS) is 20.4. The van der Waals surface area contributed by atoms with Gasteiger partial charge in [-0.1, -0.05) is 30.7 Å². The van der Waals surface area contributed by atoms with Gasteiger partial charge in [0.25, 0.3) is 5.91 Å². The highest BCUT2D eigenvalue weighted by Crippen LogP contribution is 2.27. The van der Waals surface area contributed by atoms with Crippen molar-refractivity contribution in [1.82, 2.24) is 14.7 Å². The van der Waals surface area contributed by atoms with Crippen LogP contribution in [0.1, 0.15) is 23.0 Å². The molecule has 0 aliphatic carbocycles. The molecule has 0 radical (unpaired) electrons. The van der Waals surface area contributed by atoms with Gasteiger partial charge in [0.2, 0.25) is 0 Å². The molecule has 0 saturated carbocycles. The fraction of sp³-hybridized carbons (Fsp3) is 0.353. The topological polar surface area (TPSA) is 75.4 Å². The van der Waals surface area contributed by atoms with Crippen molar-refractivity contribution in [2.75, 3.05) is 13.1 Å². The summed E-state index contributed by atoms with van der Waals surface area (Å²) in [6.45, 7) is 4.32. The molecule has 126 valence electrons. The van der Waals surface area contributed by atoms with E-state index in [0.29, 0.717) is 28.5 Å². The van der Waals surface area contributed by atoms with Crippen LogP contribution in [0.15, 0.2) is 30.5 Å². The number of aliphatic carboxylic acids is 1. The van der Waals surface area contributed by atoms with Gasteiger partial charge in [-0.2, -0.15) is 5.10 Å². The first-order chi connectivity index (χ1) is 11.4. The van der Waals surface area contributed by atoms with Crippen LogP contribution in [0.4, 0.5) is 0 Å². The first-order valence-electron chi connectivity index (χ1n) is 7.71. The van der Waals surface area contributed by atoms with Crippen LogP contribution < -0.4 is 0 Å². The van der Waals surface area contributed by atoms with Crippen molar-refractivity contribution in [3.8, 4) is 5.69 Å². The van der Waals surface area contributed by atoms with Crippen LogP contribution in [-0.2, 0) is 4.79 Å². The number of halogens is 1. The molecule has 1 aromatic heterocycles. The standard InChI is InChI=1S/C17H18ClN3O3/c1-10-8-20(9-13(10)17(23)24)16(22)12-7-19-21(11(12)2)15-6-4-3-5-14(15)18/h3-7,10,13H,8-9H2,1-2H3,(H,23,24)/t10-,13-/m1/s1. The highest BCUT2D eigenvalue weighted by atomic mass is 35.5. The lowest BCUT2D eigenvalue weighted by Crippen LogP contribution is -2.30. The van der Waals surface area contributed by atoms with E-state index in [1.54, 1.807) is 22.6 Å². The lowest BCUT2D eigenvalue weighted by molar-refractivity contribution is -0.142. The number of carboxylic acid groups (broad SMARTS) is 1. The van der Waals surface area contributed by atoms with Crippen molar-refractivity contribution in [2.45, 2.75) is 13.8 Å². The van der Waals surface area contributed by atoms with Gasteiger partial charge in [-0.25, -0.2) is 4.68 Å². The quantitative estimate of drug-likeness (QED) is 0.926. The smallest absolute Gasteiger partial charge is 0.308 e. The molecule has 1 aliphatic heterocycles. The number of carbonyl (C=O) groups is 2. The number of carboxylic acids is 1. The Labute approximate surface area is 144 Å². The first-order valence-corrected chi connectivity index (χ1v) is 8.09. The average Bonchev–Trinajstić information content (AvgIpc) is 3.11. The lowest BCUT2D eigenvalue weighted by Gasteiger charge is -2.15. The largest absolute Gasteiger partial charge is 0.481 e. The third-order valence-electron chi connectivity index (χ3n) is 4.54. The number of aromatic nitrogens is 2. The molecule has 7 heteroatoms. The molecule has 1 N–H and O–H groups in total. The van der Waals surface area contributed by atoms with Gasteiger partial charge in [0.05, 0.1) is 34.1 Å². The zero-order valence-electron chi connectivity index (χ0n) is 13.4. The summed E-state index contributed by atoms with van der Waals surface area (Å²) >= 11 is 6.20. The fourth-order valence-electron chi connectivity index (χ4n) is 3.11. The highest BCUT2D eigenvalue weighted by molar-refractivity contribution is 6.32. The lowest BCUT2D eigenvalue weighted by atomic mass is 9.99. The van der Waals surface area contributed by atoms with Crippen molar-refractivity contribution < 1.29 is 14.7 Å². The molecule has 1 aromatic carbocycles. The second kappa shape index (κ2) is 6.28. The number of para-hydroxylation sites is 1. The van der Waals surface area contributed by atoms with Gasteiger partial charge in [-0.3, -0.25) is 9.59 Å². The molecule has 3 rings (SSSR count). The van der Waals surface area contributed by atoms with Gasteiger partial charge in [0.1, 0.15) is 0 Å². The zero-order chi connectivity index (χ0) is 17.4. The Morgan fingerprint density at radius 3 is 2.62 bits per heavy atom. The molecule has 6 nitrogen and oxygen atoms in total. The third-order valence-corrected chi connectivity index (χ3v) is 4.86. The van der Waals surface area contributed by atoms with Gasteiger partial charge in [0, 0.05) is 13.1 Å². The van der Waals surface area contributed by atoms with E-state index in [1.165, 1.54) is 6.20 Å². The molecule has 0 spiro atoms. The van der Waals surface area contributed by atoms with Gasteiger partial charge in [-0.15, -0.1) is 0 Å². The number of likely N-dealkylation sites (tertiary alicyclic amines) is 1. The highest BCUT2D eigenvalue weighted by Gasteiger charge is 2.38. The van der Waals surface area contributed by atoms with Gasteiger partial charge in [0.15, 0.2) is 0 Å². The number of hydrogen-bond acceptors (Lipinski definition) is 3. The Morgan fingerprint density at radius 1 is 1.29 bits per heavy atom. The fourth-order valence-corrected chi connectivity index (χ4v) is 3.33. The van der Waals surface area contributed by atoms with E-state index < -0.39 is 11.9 Å². The maximum Gasteiger partial charge on any atom is 0.308 e. The predicted molar refractivity (Wildman–Crippen MR) is 89.5 cm³/mol. The molecule has 1 saturated heterocycles. The summed E-state index contributed by atoms with van der Waals surface area (Å²) in [5, 5.41) is 14.0. The van der Waals surface area contributed by atoms with Crippen LogP contribution in [0.25, 0.3) is 5.69 Å². The predicted octanol–water partition coefficient (Wildman–Crippen LogP) is 2.63. The molecule has 2 heterocycles. The molecule has 2 aromatic rings. The summed E-state index contributed by atoms with van der Waals surface area (Å²) in [5.74, 6) is -1.64. The minimum Gasteiger partial charge on any atom is -0.481 e. The molecule has 2 atom stereocenters. The van der Waals surface area contributed by atoms with Crippen LogP contribution in [0.2, 0.25) is 5.02 Å². The number of benzene rings is 1. The summed E-state index contributed by atoms with van der Waals surface area (Å²) in [6, 6.07) is 7.27. The average molecular weight is 348 g/mol. The molecule has 0 unspecified atom stereocenters. The summed E-state index contributed by atoms with van der Waals surface area (Å²) in [6.07, 6.45) is 1.51. The summed E-state index contributed by atoms with van der Waals surface area (Å²) in [7, 11) is 0. The van der Waals surface area contributed by atoms with Crippen LogP contribution in [-0.4, -0.2) is 44.8 Å². The van der Waals surface area contributed by atoms with Crippen molar-refractivity contribution in [3.63, 3.8) is 0 Å². The molecule has 1 fully saturated rings. The Balaban J connectivity index is 1.88. The second-order valence-corrected chi connectivity index (χ2v) is 6.55. The number of amides is 1. The molecular weight excluding hydrogens is 330 g/mol. The van der Waals surface area contributed by atoms with E-state index >= 15 is 0 Å². The zero-order valence-corrected chi connectivity index (χ0v) is 14.2. The number of carbonyl (C=O) groups excluding carboxylic acids is 1. The monoisotopic (exact) mass is 347 g/mol. The van der Waals surface area contributed by atoms with E-state index in [4.69, 9.17) is 11.6 Å². The van der Waals surface area contributed by atoms with Crippen molar-refractivity contribution in [3.05, 3.63) is 46.7 Å². The first kappa shape index (κ1) is 16.5. The van der Waals surface area contributed by atoms with Crippen LogP contribution in [0.3, 0.4) is 0 Å². The maximum absolute atomic E-state index is 12.8. The van der Waals surface area contributed by atoms with Crippen LogP contribution in [0.5, 0.6) is 0 Å². The summed E-state index contributed by atoms with van der Waals surface area (Å²) < 4.78 is 1.63. The molecular formula is C17H18ClN3O3. The van der Waals surface area contributed by atoms with E-state index in [-0.39, 0.29) is 18.4 Å². The van der Waals surface area contributed by atoms with E-state index in [0.717, 1.165) is 0 Å². The minimum absolute atomic E-state index is 0.0645. The third kappa shape index (κ3) is 2.78. The minimum atomic E-state index is -0.860. The van der Waals surface area contributed by atoms with E-state index in [9.17, 15) is 14.7 Å². The maximum atomic E-state index is 12.8. The number of nitrogens with zero attached hydrogens (tertiary/aromatic N) is 3. The number of rotatable bonds is 3. The van der Waals surface area contributed by atoms with Gasteiger partial charge < -0.3 is 10.0 Å². The summed E-state index contributed by atoms with van der Waals surface area (Å²) in [5.41, 5.74) is 1.85. The van der Waals surface area contributed by atoms with Crippen molar-refractivity contribution in [1.29, 1.82) is 0 Å². The van der Waals surface area contributed by atoms with Crippen LogP contribution >= 0.6 is 11.6 Å². The molecule has 1 aliphatic rings. The van der Waals surface area contributed by atoms with Gasteiger partial charge in [-0.05, 0) is 25.0 Å². The Kier molecular flexibility index (Phi) is 4.32. The molecule has 0 bridgehead atoms. The Bertz CT molecular complexity index is 802. The van der Waals surface area contributed by atoms with E-state index in [1.807, 2.05) is 25.1 Å². The Morgan fingerprint density at radius 2 is 2.00 bits per heavy atom. The summed E-state index contributed by atoms with van der Waals surface area (Å²) in [4.78, 5) is 25.6. The van der Waals surface area contributed by atoms with E-state index in [2.05, 4.69) is 5.10 Å². The van der Waals surface area contributed by atoms with Gasteiger partial charge >= 0.3 is 5.97 Å². The van der Waals surface area contributed by atoms with Crippen molar-refractivity contribution in [2.24, 2.45) is 11.8 Å². The van der Waals surface area contributed by atoms with Crippen LogP contribution in [0, 0.1) is 18.8 Å².